The number of amides is 2. The summed E-state index contributed by atoms with van der Waals surface area (Å²) in [7, 11) is 0. The van der Waals surface area contributed by atoms with Crippen molar-refractivity contribution in [1.29, 1.82) is 0 Å². The van der Waals surface area contributed by atoms with E-state index in [9.17, 15) is 14.0 Å². The molecule has 1 aromatic heterocycles. The average Bonchev–Trinajstić information content (AvgIpc) is 3.06. The standard InChI is InChI=1S/C15H19FN4O3/c16-12-9-18-3-1-11(12)13(21)19-4-6-20(7-5-19)15(14(17)22)2-8-23-10-15/h1,3,9H,2,4-8,10H2,(H2,17,22). The summed E-state index contributed by atoms with van der Waals surface area (Å²) in [4.78, 5) is 31.5. The molecule has 3 rings (SSSR count). The van der Waals surface area contributed by atoms with Crippen molar-refractivity contribution >= 4 is 11.8 Å². The van der Waals surface area contributed by atoms with Crippen LogP contribution in [0.4, 0.5) is 4.39 Å². The van der Waals surface area contributed by atoms with Gasteiger partial charge in [0, 0.05) is 45.4 Å². The predicted molar refractivity (Wildman–Crippen MR) is 79.0 cm³/mol. The van der Waals surface area contributed by atoms with Gasteiger partial charge in [-0.15, -0.1) is 0 Å². The molecule has 23 heavy (non-hydrogen) atoms. The number of hydrogen-bond donors (Lipinski definition) is 1. The zero-order valence-electron chi connectivity index (χ0n) is 12.7. The summed E-state index contributed by atoms with van der Waals surface area (Å²) in [6.07, 6.45) is 2.99. The van der Waals surface area contributed by atoms with Crippen molar-refractivity contribution in [2.75, 3.05) is 39.4 Å². The van der Waals surface area contributed by atoms with E-state index in [0.717, 1.165) is 6.20 Å². The normalized spacial score (nSPS) is 25.5. The maximum Gasteiger partial charge on any atom is 0.257 e. The van der Waals surface area contributed by atoms with Gasteiger partial charge in [0.25, 0.3) is 5.91 Å². The SMILES string of the molecule is NC(=O)C1(N2CCN(C(=O)c3ccncc3F)CC2)CCOC1. The van der Waals surface area contributed by atoms with Crippen molar-refractivity contribution in [3.05, 3.63) is 29.8 Å². The number of nitrogens with two attached hydrogens (primary N) is 1. The zero-order chi connectivity index (χ0) is 16.4. The average molecular weight is 322 g/mol. The van der Waals surface area contributed by atoms with Gasteiger partial charge in [0.1, 0.15) is 5.54 Å². The molecule has 0 bridgehead atoms. The molecule has 124 valence electrons. The van der Waals surface area contributed by atoms with Crippen LogP contribution in [0.15, 0.2) is 18.5 Å². The number of rotatable bonds is 3. The Morgan fingerprint density at radius 2 is 2.04 bits per heavy atom. The lowest BCUT2D eigenvalue weighted by Crippen LogP contribution is -2.63. The molecule has 2 saturated heterocycles. The lowest BCUT2D eigenvalue weighted by Gasteiger charge is -2.43. The minimum Gasteiger partial charge on any atom is -0.379 e. The lowest BCUT2D eigenvalue weighted by atomic mass is 9.94. The van der Waals surface area contributed by atoms with E-state index in [1.807, 2.05) is 4.90 Å². The molecule has 0 saturated carbocycles. The van der Waals surface area contributed by atoms with Crippen LogP contribution >= 0.6 is 0 Å². The molecule has 0 radical (unpaired) electrons. The van der Waals surface area contributed by atoms with E-state index < -0.39 is 17.3 Å². The van der Waals surface area contributed by atoms with Crippen molar-refractivity contribution in [2.45, 2.75) is 12.0 Å². The molecule has 1 unspecified atom stereocenters. The fourth-order valence-corrected chi connectivity index (χ4v) is 3.21. The molecule has 8 heteroatoms. The Hall–Kier alpha value is -2.06. The van der Waals surface area contributed by atoms with Gasteiger partial charge in [0.2, 0.25) is 5.91 Å². The van der Waals surface area contributed by atoms with E-state index in [1.54, 1.807) is 4.90 Å². The van der Waals surface area contributed by atoms with Gasteiger partial charge in [-0.3, -0.25) is 19.5 Å². The number of carbonyl (C=O) groups excluding carboxylic acids is 2. The first kappa shape index (κ1) is 15.8. The highest BCUT2D eigenvalue weighted by molar-refractivity contribution is 5.94. The van der Waals surface area contributed by atoms with Crippen LogP contribution in [0.5, 0.6) is 0 Å². The van der Waals surface area contributed by atoms with Gasteiger partial charge in [-0.1, -0.05) is 0 Å². The largest absolute Gasteiger partial charge is 0.379 e. The number of primary amides is 1. The van der Waals surface area contributed by atoms with Gasteiger partial charge in [-0.2, -0.15) is 0 Å². The molecule has 0 aliphatic carbocycles. The number of hydrogen-bond acceptors (Lipinski definition) is 5. The van der Waals surface area contributed by atoms with Gasteiger partial charge in [-0.25, -0.2) is 4.39 Å². The highest BCUT2D eigenvalue weighted by atomic mass is 19.1. The Bertz CT molecular complexity index is 610. The number of carbonyl (C=O) groups is 2. The molecule has 0 spiro atoms. The van der Waals surface area contributed by atoms with Crippen molar-refractivity contribution in [2.24, 2.45) is 5.73 Å². The fourth-order valence-electron chi connectivity index (χ4n) is 3.21. The smallest absolute Gasteiger partial charge is 0.257 e. The van der Waals surface area contributed by atoms with Gasteiger partial charge in [0.05, 0.1) is 18.4 Å². The third-order valence-electron chi connectivity index (χ3n) is 4.63. The van der Waals surface area contributed by atoms with Crippen LogP contribution in [-0.2, 0) is 9.53 Å². The van der Waals surface area contributed by atoms with Crippen molar-refractivity contribution in [3.63, 3.8) is 0 Å². The first-order valence-corrected chi connectivity index (χ1v) is 7.56. The highest BCUT2D eigenvalue weighted by Crippen LogP contribution is 2.27. The minimum absolute atomic E-state index is 0.0160. The number of nitrogens with zero attached hydrogens (tertiary/aromatic N) is 3. The lowest BCUT2D eigenvalue weighted by molar-refractivity contribution is -0.131. The van der Waals surface area contributed by atoms with E-state index in [-0.39, 0.29) is 18.1 Å². The summed E-state index contributed by atoms with van der Waals surface area (Å²) in [5.74, 6) is -1.38. The van der Waals surface area contributed by atoms with E-state index >= 15 is 0 Å². The number of pyridine rings is 1. The molecule has 2 fully saturated rings. The third kappa shape index (κ3) is 2.79. The van der Waals surface area contributed by atoms with E-state index in [4.69, 9.17) is 10.5 Å². The molecule has 2 aliphatic heterocycles. The molecule has 0 aromatic carbocycles. The highest BCUT2D eigenvalue weighted by Gasteiger charge is 2.47. The number of halogens is 1. The number of piperazine rings is 1. The minimum atomic E-state index is -0.781. The van der Waals surface area contributed by atoms with Crippen molar-refractivity contribution in [1.82, 2.24) is 14.8 Å². The Labute approximate surface area is 133 Å². The first-order valence-electron chi connectivity index (χ1n) is 7.56. The van der Waals surface area contributed by atoms with Gasteiger partial charge in [0.15, 0.2) is 5.82 Å². The molecule has 7 nitrogen and oxygen atoms in total. The molecular formula is C15H19FN4O3. The van der Waals surface area contributed by atoms with Crippen molar-refractivity contribution in [3.8, 4) is 0 Å². The summed E-state index contributed by atoms with van der Waals surface area (Å²) in [5.41, 5.74) is 4.81. The van der Waals surface area contributed by atoms with Crippen LogP contribution in [0.25, 0.3) is 0 Å². The van der Waals surface area contributed by atoms with Crippen LogP contribution in [0.3, 0.4) is 0 Å². The number of aromatic nitrogens is 1. The summed E-state index contributed by atoms with van der Waals surface area (Å²) < 4.78 is 19.0. The molecule has 2 amide bonds. The molecule has 2 N–H and O–H groups in total. The van der Waals surface area contributed by atoms with Gasteiger partial charge in [-0.05, 0) is 6.07 Å². The quantitative estimate of drug-likeness (QED) is 0.820. The van der Waals surface area contributed by atoms with Gasteiger partial charge < -0.3 is 15.4 Å². The Kier molecular flexibility index (Phi) is 4.27. The molecule has 2 aliphatic rings. The zero-order valence-corrected chi connectivity index (χ0v) is 12.7. The fraction of sp³-hybridized carbons (Fsp3) is 0.533. The van der Waals surface area contributed by atoms with Crippen molar-refractivity contribution < 1.29 is 18.7 Å². The first-order chi connectivity index (χ1) is 11.0. The topological polar surface area (TPSA) is 88.8 Å². The maximum absolute atomic E-state index is 13.7. The maximum atomic E-state index is 13.7. The second-order valence-corrected chi connectivity index (χ2v) is 5.83. The van der Waals surface area contributed by atoms with E-state index in [2.05, 4.69) is 4.98 Å². The van der Waals surface area contributed by atoms with Gasteiger partial charge >= 0.3 is 0 Å². The predicted octanol–water partition coefficient (Wildman–Crippen LogP) is -0.377. The Morgan fingerprint density at radius 3 is 2.61 bits per heavy atom. The third-order valence-corrected chi connectivity index (χ3v) is 4.63. The van der Waals surface area contributed by atoms with Crippen LogP contribution in [0.1, 0.15) is 16.8 Å². The second-order valence-electron chi connectivity index (χ2n) is 5.83. The molecule has 3 heterocycles. The monoisotopic (exact) mass is 322 g/mol. The summed E-state index contributed by atoms with van der Waals surface area (Å²) >= 11 is 0. The van der Waals surface area contributed by atoms with Crippen LogP contribution < -0.4 is 5.73 Å². The van der Waals surface area contributed by atoms with E-state index in [0.29, 0.717) is 39.2 Å². The molecular weight excluding hydrogens is 303 g/mol. The number of ether oxygens (including phenoxy) is 1. The van der Waals surface area contributed by atoms with Crippen LogP contribution in [0.2, 0.25) is 0 Å². The van der Waals surface area contributed by atoms with Crippen LogP contribution in [-0.4, -0.2) is 71.5 Å². The molecule has 1 aromatic rings. The van der Waals surface area contributed by atoms with E-state index in [1.165, 1.54) is 12.3 Å². The summed E-state index contributed by atoms with van der Waals surface area (Å²) in [6.45, 7) is 2.63. The summed E-state index contributed by atoms with van der Waals surface area (Å²) in [6, 6.07) is 1.37. The second kappa shape index (κ2) is 6.21. The Morgan fingerprint density at radius 1 is 1.30 bits per heavy atom. The summed E-state index contributed by atoms with van der Waals surface area (Å²) in [5, 5.41) is 0. The van der Waals surface area contributed by atoms with Crippen LogP contribution in [0, 0.1) is 5.82 Å². The Balaban J connectivity index is 1.68. The molecule has 1 atom stereocenters.